The number of ether oxygens (including phenoxy) is 1. The first-order chi connectivity index (χ1) is 15.5. The number of methoxy groups -OCH3 is 1. The van der Waals surface area contributed by atoms with E-state index in [0.29, 0.717) is 22.9 Å². The normalized spacial score (nSPS) is 20.1. The first-order valence-electron chi connectivity index (χ1n) is 11.5. The smallest absolute Gasteiger partial charge is 0.234 e. The van der Waals surface area contributed by atoms with Crippen LogP contribution in [-0.2, 0) is 5.41 Å². The van der Waals surface area contributed by atoms with E-state index in [1.54, 1.807) is 7.11 Å². The molecule has 4 rings (SSSR count). The van der Waals surface area contributed by atoms with Gasteiger partial charge in [-0.2, -0.15) is 9.97 Å². The molecular weight excluding hydrogens is 442 g/mol. The topological polar surface area (TPSA) is 62.3 Å². The summed E-state index contributed by atoms with van der Waals surface area (Å²) in [6, 6.07) is 10.1. The van der Waals surface area contributed by atoms with Crippen molar-refractivity contribution in [3.05, 3.63) is 40.9 Å². The van der Waals surface area contributed by atoms with E-state index in [2.05, 4.69) is 39.6 Å². The molecule has 0 bridgehead atoms. The van der Waals surface area contributed by atoms with E-state index in [4.69, 9.17) is 33.5 Å². The second-order valence-corrected chi connectivity index (χ2v) is 9.94. The first kappa shape index (κ1) is 23.1. The van der Waals surface area contributed by atoms with Crippen LogP contribution in [0.25, 0.3) is 0 Å². The number of hydrogen-bond acceptors (Lipinski definition) is 5. The monoisotopic (exact) mass is 473 g/mol. The van der Waals surface area contributed by atoms with Crippen LogP contribution in [0.4, 0.5) is 11.8 Å². The lowest BCUT2D eigenvalue weighted by molar-refractivity contribution is 0.396. The third-order valence-electron chi connectivity index (χ3n) is 6.69. The van der Waals surface area contributed by atoms with Crippen LogP contribution in [0.3, 0.4) is 0 Å². The molecular formula is C24H32ClN5OS. The molecule has 8 heteroatoms. The molecule has 32 heavy (non-hydrogen) atoms. The molecule has 6 nitrogen and oxygen atoms in total. The first-order valence-corrected chi connectivity index (χ1v) is 12.2. The van der Waals surface area contributed by atoms with Crippen LogP contribution in [0, 0.1) is 5.92 Å². The number of piperidine rings is 1. The van der Waals surface area contributed by atoms with E-state index in [1.807, 2.05) is 18.2 Å². The molecule has 0 unspecified atom stereocenters. The van der Waals surface area contributed by atoms with E-state index in [1.165, 1.54) is 31.2 Å². The lowest BCUT2D eigenvalue weighted by atomic mass is 9.79. The van der Waals surface area contributed by atoms with E-state index in [9.17, 15) is 0 Å². The maximum absolute atomic E-state index is 6.28. The van der Waals surface area contributed by atoms with Gasteiger partial charge in [-0.25, -0.2) is 0 Å². The zero-order valence-corrected chi connectivity index (χ0v) is 20.4. The maximum atomic E-state index is 6.28. The minimum absolute atomic E-state index is 0.0426. The molecule has 0 spiro atoms. The molecule has 1 saturated carbocycles. The second kappa shape index (κ2) is 10.2. The van der Waals surface area contributed by atoms with Gasteiger partial charge in [-0.05, 0) is 61.5 Å². The van der Waals surface area contributed by atoms with Crippen LogP contribution < -0.4 is 20.3 Å². The maximum Gasteiger partial charge on any atom is 0.234 e. The molecule has 2 fully saturated rings. The summed E-state index contributed by atoms with van der Waals surface area (Å²) in [5.74, 6) is 2.51. The molecule has 1 saturated heterocycles. The highest BCUT2D eigenvalue weighted by molar-refractivity contribution is 7.80. The minimum Gasteiger partial charge on any atom is -0.481 e. The van der Waals surface area contributed by atoms with Gasteiger partial charge < -0.3 is 20.3 Å². The van der Waals surface area contributed by atoms with Crippen molar-refractivity contribution in [3.63, 3.8) is 0 Å². The van der Waals surface area contributed by atoms with Gasteiger partial charge in [0.05, 0.1) is 7.11 Å². The van der Waals surface area contributed by atoms with Crippen molar-refractivity contribution in [3.8, 4) is 5.88 Å². The summed E-state index contributed by atoms with van der Waals surface area (Å²) in [7, 11) is 1.63. The number of anilines is 2. The number of halogens is 1. The summed E-state index contributed by atoms with van der Waals surface area (Å²) in [5, 5.41) is 7.89. The average molecular weight is 474 g/mol. The summed E-state index contributed by atoms with van der Waals surface area (Å²) in [6.45, 7) is 5.01. The summed E-state index contributed by atoms with van der Waals surface area (Å²) in [4.78, 5) is 11.5. The number of hydrogen-bond donors (Lipinski definition) is 2. The van der Waals surface area contributed by atoms with E-state index >= 15 is 0 Å². The van der Waals surface area contributed by atoms with Gasteiger partial charge in [0.1, 0.15) is 5.82 Å². The number of aromatic nitrogens is 2. The molecule has 0 radical (unpaired) electrons. The lowest BCUT2D eigenvalue weighted by Crippen LogP contribution is -2.41. The molecule has 1 aromatic carbocycles. The molecule has 1 aromatic heterocycles. The SMILES string of the molecule is COc1cc(N2CCC[C@H](C)C2)nc(NC(=S)NCC2(c3cccc(Cl)c3)CCCC2)n1. The van der Waals surface area contributed by atoms with Gasteiger partial charge >= 0.3 is 0 Å². The fourth-order valence-electron chi connectivity index (χ4n) is 4.97. The van der Waals surface area contributed by atoms with Gasteiger partial charge in [0.15, 0.2) is 5.11 Å². The Kier molecular flexibility index (Phi) is 7.36. The molecule has 0 amide bonds. The van der Waals surface area contributed by atoms with Crippen molar-refractivity contribution >= 4 is 40.7 Å². The van der Waals surface area contributed by atoms with Gasteiger partial charge in [0, 0.05) is 36.1 Å². The van der Waals surface area contributed by atoms with Gasteiger partial charge in [-0.1, -0.05) is 43.5 Å². The van der Waals surface area contributed by atoms with Gasteiger partial charge in [0.2, 0.25) is 11.8 Å². The van der Waals surface area contributed by atoms with Crippen LogP contribution in [0.5, 0.6) is 5.88 Å². The third kappa shape index (κ3) is 5.44. The van der Waals surface area contributed by atoms with Crippen molar-refractivity contribution in [2.75, 3.05) is 37.0 Å². The van der Waals surface area contributed by atoms with Gasteiger partial charge in [-0.3, -0.25) is 0 Å². The van der Waals surface area contributed by atoms with E-state index in [0.717, 1.165) is 43.3 Å². The number of thiocarbonyl (C=S) groups is 1. The van der Waals surface area contributed by atoms with Crippen LogP contribution in [0.15, 0.2) is 30.3 Å². The molecule has 2 N–H and O–H groups in total. The molecule has 2 aliphatic rings. The summed E-state index contributed by atoms with van der Waals surface area (Å²) in [5.41, 5.74) is 1.32. The molecule has 1 atom stereocenters. The standard InChI is InChI=1S/C24H32ClN5OS/c1-17-7-6-12-30(15-17)20-14-21(31-2)28-22(27-20)29-23(32)26-16-24(10-3-4-11-24)18-8-5-9-19(25)13-18/h5,8-9,13-14,17H,3-4,6-7,10-12,15-16H2,1-2H3,(H2,26,27,28,29,32)/t17-/m0/s1. The van der Waals surface area contributed by atoms with Crippen molar-refractivity contribution in [1.82, 2.24) is 15.3 Å². The van der Waals surface area contributed by atoms with Crippen molar-refractivity contribution < 1.29 is 4.74 Å². The summed E-state index contributed by atoms with van der Waals surface area (Å²) < 4.78 is 5.43. The molecule has 1 aliphatic carbocycles. The Morgan fingerprint density at radius 3 is 2.78 bits per heavy atom. The number of nitrogens with one attached hydrogen (secondary N) is 2. The summed E-state index contributed by atoms with van der Waals surface area (Å²) in [6.07, 6.45) is 7.09. The lowest BCUT2D eigenvalue weighted by Gasteiger charge is -2.32. The minimum atomic E-state index is 0.0426. The van der Waals surface area contributed by atoms with Crippen LogP contribution in [0.1, 0.15) is 51.0 Å². The van der Waals surface area contributed by atoms with Gasteiger partial charge in [-0.15, -0.1) is 0 Å². The van der Waals surface area contributed by atoms with E-state index in [-0.39, 0.29) is 5.41 Å². The molecule has 2 heterocycles. The second-order valence-electron chi connectivity index (χ2n) is 9.09. The van der Waals surface area contributed by atoms with Crippen molar-refractivity contribution in [2.45, 2.75) is 50.9 Å². The average Bonchev–Trinajstić information content (AvgIpc) is 3.28. The number of rotatable bonds is 6. The Bertz CT molecular complexity index is 950. The molecule has 2 aromatic rings. The quantitative estimate of drug-likeness (QED) is 0.561. The third-order valence-corrected chi connectivity index (χ3v) is 7.17. The van der Waals surface area contributed by atoms with Crippen LogP contribution in [-0.4, -0.2) is 41.8 Å². The van der Waals surface area contributed by atoms with Crippen LogP contribution in [0.2, 0.25) is 5.02 Å². The summed E-state index contributed by atoms with van der Waals surface area (Å²) >= 11 is 11.9. The van der Waals surface area contributed by atoms with Gasteiger partial charge in [0.25, 0.3) is 0 Å². The zero-order chi connectivity index (χ0) is 22.6. The number of benzene rings is 1. The Morgan fingerprint density at radius 2 is 2.06 bits per heavy atom. The van der Waals surface area contributed by atoms with Crippen molar-refractivity contribution in [1.29, 1.82) is 0 Å². The van der Waals surface area contributed by atoms with Crippen molar-refractivity contribution in [2.24, 2.45) is 5.92 Å². The highest BCUT2D eigenvalue weighted by atomic mass is 35.5. The fourth-order valence-corrected chi connectivity index (χ4v) is 5.32. The van der Waals surface area contributed by atoms with Crippen LogP contribution >= 0.6 is 23.8 Å². The Morgan fingerprint density at radius 1 is 1.25 bits per heavy atom. The van der Waals surface area contributed by atoms with E-state index < -0.39 is 0 Å². The Hall–Kier alpha value is -2.12. The highest BCUT2D eigenvalue weighted by Crippen LogP contribution is 2.41. The molecule has 172 valence electrons. The predicted molar refractivity (Wildman–Crippen MR) is 135 cm³/mol. The largest absolute Gasteiger partial charge is 0.481 e. The zero-order valence-electron chi connectivity index (χ0n) is 18.9. The number of nitrogens with zero attached hydrogens (tertiary/aromatic N) is 3. The fraction of sp³-hybridized carbons (Fsp3) is 0.542. The highest BCUT2D eigenvalue weighted by Gasteiger charge is 2.35. The Balaban J connectivity index is 1.45. The Labute approximate surface area is 201 Å². The predicted octanol–water partition coefficient (Wildman–Crippen LogP) is 5.17. The molecule has 1 aliphatic heterocycles.